The normalized spacial score (nSPS) is 12.8. The zero-order valence-electron chi connectivity index (χ0n) is 8.55. The summed E-state index contributed by atoms with van der Waals surface area (Å²) in [4.78, 5) is 10.9. The number of allylic oxidation sites excluding steroid dienone is 1. The van der Waals surface area contributed by atoms with Gasteiger partial charge in [-0.15, -0.1) is 0 Å². The van der Waals surface area contributed by atoms with Crippen LogP contribution in [0.25, 0.3) is 0 Å². The molecule has 1 atom stereocenters. The maximum absolute atomic E-state index is 10.9. The van der Waals surface area contributed by atoms with Crippen molar-refractivity contribution in [2.24, 2.45) is 5.92 Å². The summed E-state index contributed by atoms with van der Waals surface area (Å²) in [7, 11) is 0. The number of rotatable bonds is 3. The van der Waals surface area contributed by atoms with Crippen molar-refractivity contribution in [3.8, 4) is 0 Å². The van der Waals surface area contributed by atoms with Crippen LogP contribution in [0.5, 0.6) is 0 Å². The molecule has 0 aliphatic carbocycles. The predicted molar refractivity (Wildman–Crippen MR) is 56.3 cm³/mol. The van der Waals surface area contributed by atoms with E-state index >= 15 is 0 Å². The Morgan fingerprint density at radius 2 is 1.75 bits per heavy atom. The Balaban J connectivity index is 4.24. The highest BCUT2D eigenvalue weighted by atomic mass is 32.2. The topological polar surface area (TPSA) is 17.1 Å². The number of hydrogen-bond acceptors (Lipinski definition) is 2. The molecule has 0 fully saturated rings. The Kier molecular flexibility index (Phi) is 5.31. The van der Waals surface area contributed by atoms with Crippen LogP contribution in [0, 0.1) is 5.92 Å². The van der Waals surface area contributed by atoms with E-state index < -0.39 is 0 Å². The number of thioether (sulfide) groups is 1. The van der Waals surface area contributed by atoms with Crippen LogP contribution in [0.4, 0.5) is 0 Å². The van der Waals surface area contributed by atoms with Gasteiger partial charge in [-0.3, -0.25) is 4.79 Å². The Labute approximate surface area is 79.6 Å². The van der Waals surface area contributed by atoms with Crippen LogP contribution >= 0.6 is 11.8 Å². The standard InChI is InChI=1S/C10H18OS/c1-7(2)6-10(8(3)4)12-9(5)11/h6,8,10H,1-5H3. The molecule has 0 saturated heterocycles. The van der Waals surface area contributed by atoms with Crippen molar-refractivity contribution >= 4 is 16.9 Å². The van der Waals surface area contributed by atoms with Crippen molar-refractivity contribution in [3.63, 3.8) is 0 Å². The summed E-state index contributed by atoms with van der Waals surface area (Å²) in [6.07, 6.45) is 2.16. The van der Waals surface area contributed by atoms with E-state index in [-0.39, 0.29) is 5.12 Å². The van der Waals surface area contributed by atoms with E-state index in [0.717, 1.165) is 0 Å². The SMILES string of the molecule is CC(=O)SC(C=C(C)C)C(C)C. The summed E-state index contributed by atoms with van der Waals surface area (Å²) in [5.41, 5.74) is 1.28. The molecule has 0 aliphatic heterocycles. The molecule has 0 bridgehead atoms. The fourth-order valence-electron chi connectivity index (χ4n) is 0.883. The molecule has 0 radical (unpaired) electrons. The lowest BCUT2D eigenvalue weighted by Crippen LogP contribution is -2.10. The van der Waals surface area contributed by atoms with Gasteiger partial charge in [0, 0.05) is 12.2 Å². The van der Waals surface area contributed by atoms with Crippen LogP contribution in [0.15, 0.2) is 11.6 Å². The first-order valence-electron chi connectivity index (χ1n) is 4.25. The van der Waals surface area contributed by atoms with Gasteiger partial charge in [0.15, 0.2) is 5.12 Å². The fraction of sp³-hybridized carbons (Fsp3) is 0.700. The van der Waals surface area contributed by atoms with Crippen molar-refractivity contribution in [1.29, 1.82) is 0 Å². The van der Waals surface area contributed by atoms with Gasteiger partial charge in [-0.2, -0.15) is 0 Å². The van der Waals surface area contributed by atoms with Gasteiger partial charge in [0.05, 0.1) is 0 Å². The highest BCUT2D eigenvalue weighted by Gasteiger charge is 2.12. The third kappa shape index (κ3) is 5.42. The highest BCUT2D eigenvalue weighted by Crippen LogP contribution is 2.22. The Bertz CT molecular complexity index is 178. The van der Waals surface area contributed by atoms with Crippen LogP contribution in [-0.4, -0.2) is 10.4 Å². The molecule has 12 heavy (non-hydrogen) atoms. The summed E-state index contributed by atoms with van der Waals surface area (Å²) in [6.45, 7) is 10.0. The monoisotopic (exact) mass is 186 g/mol. The lowest BCUT2D eigenvalue weighted by molar-refractivity contribution is -0.109. The molecule has 0 heterocycles. The van der Waals surface area contributed by atoms with E-state index in [4.69, 9.17) is 0 Å². The van der Waals surface area contributed by atoms with E-state index in [1.54, 1.807) is 6.92 Å². The molecule has 70 valence electrons. The molecular weight excluding hydrogens is 168 g/mol. The van der Waals surface area contributed by atoms with Gasteiger partial charge in [0.25, 0.3) is 0 Å². The Morgan fingerprint density at radius 1 is 1.25 bits per heavy atom. The van der Waals surface area contributed by atoms with E-state index in [1.165, 1.54) is 17.3 Å². The molecule has 1 unspecified atom stereocenters. The number of carbonyl (C=O) groups excluding carboxylic acids is 1. The lowest BCUT2D eigenvalue weighted by Gasteiger charge is -2.14. The summed E-state index contributed by atoms with van der Waals surface area (Å²) in [5.74, 6) is 0.522. The molecule has 0 aromatic carbocycles. The third-order valence-corrected chi connectivity index (χ3v) is 2.74. The third-order valence-electron chi connectivity index (χ3n) is 1.46. The maximum atomic E-state index is 10.9. The maximum Gasteiger partial charge on any atom is 0.186 e. The van der Waals surface area contributed by atoms with Crippen LogP contribution in [0.3, 0.4) is 0 Å². The zero-order valence-corrected chi connectivity index (χ0v) is 9.37. The van der Waals surface area contributed by atoms with Crippen LogP contribution < -0.4 is 0 Å². The molecule has 1 nitrogen and oxygen atoms in total. The van der Waals surface area contributed by atoms with Gasteiger partial charge < -0.3 is 0 Å². The van der Waals surface area contributed by atoms with E-state index in [1.807, 2.05) is 0 Å². The molecule has 0 aliphatic rings. The Morgan fingerprint density at radius 3 is 2.00 bits per heavy atom. The second kappa shape index (κ2) is 5.41. The van der Waals surface area contributed by atoms with E-state index in [9.17, 15) is 4.79 Å². The first kappa shape index (κ1) is 11.8. The van der Waals surface area contributed by atoms with E-state index in [2.05, 4.69) is 33.8 Å². The summed E-state index contributed by atoms with van der Waals surface area (Å²) in [6, 6.07) is 0. The molecular formula is C10H18OS. The Hall–Kier alpha value is -0.240. The smallest absolute Gasteiger partial charge is 0.186 e. The quantitative estimate of drug-likeness (QED) is 0.629. The minimum atomic E-state index is 0.200. The van der Waals surface area contributed by atoms with Gasteiger partial charge in [0.2, 0.25) is 0 Å². The van der Waals surface area contributed by atoms with Gasteiger partial charge in [0.1, 0.15) is 0 Å². The van der Waals surface area contributed by atoms with Crippen molar-refractivity contribution < 1.29 is 4.79 Å². The van der Waals surface area contributed by atoms with Crippen LogP contribution in [0.1, 0.15) is 34.6 Å². The molecule has 0 aromatic rings. The van der Waals surface area contributed by atoms with Gasteiger partial charge >= 0.3 is 0 Å². The molecule has 0 N–H and O–H groups in total. The van der Waals surface area contributed by atoms with Gasteiger partial charge in [-0.25, -0.2) is 0 Å². The average Bonchev–Trinajstić information content (AvgIpc) is 1.83. The summed E-state index contributed by atoms with van der Waals surface area (Å²) < 4.78 is 0. The van der Waals surface area contributed by atoms with Crippen molar-refractivity contribution in [3.05, 3.63) is 11.6 Å². The second-order valence-electron chi connectivity index (χ2n) is 3.56. The van der Waals surface area contributed by atoms with Crippen LogP contribution in [0.2, 0.25) is 0 Å². The summed E-state index contributed by atoms with van der Waals surface area (Å²) >= 11 is 1.42. The number of carbonyl (C=O) groups is 1. The molecule has 0 rings (SSSR count). The summed E-state index contributed by atoms with van der Waals surface area (Å²) in [5, 5.41) is 0.540. The second-order valence-corrected chi connectivity index (χ2v) is 4.92. The van der Waals surface area contributed by atoms with Crippen molar-refractivity contribution in [1.82, 2.24) is 0 Å². The average molecular weight is 186 g/mol. The lowest BCUT2D eigenvalue weighted by atomic mass is 10.1. The minimum absolute atomic E-state index is 0.200. The van der Waals surface area contributed by atoms with Gasteiger partial charge in [-0.1, -0.05) is 37.3 Å². The zero-order chi connectivity index (χ0) is 9.72. The van der Waals surface area contributed by atoms with Gasteiger partial charge in [-0.05, 0) is 19.8 Å². The molecule has 0 amide bonds. The first-order chi connectivity index (χ1) is 5.43. The minimum Gasteiger partial charge on any atom is -0.288 e. The molecule has 2 heteroatoms. The number of hydrogen-bond donors (Lipinski definition) is 0. The van der Waals surface area contributed by atoms with E-state index in [0.29, 0.717) is 11.2 Å². The molecule has 0 spiro atoms. The first-order valence-corrected chi connectivity index (χ1v) is 5.13. The van der Waals surface area contributed by atoms with Crippen molar-refractivity contribution in [2.45, 2.75) is 39.9 Å². The van der Waals surface area contributed by atoms with Crippen molar-refractivity contribution in [2.75, 3.05) is 0 Å². The highest BCUT2D eigenvalue weighted by molar-refractivity contribution is 8.14. The van der Waals surface area contributed by atoms with Crippen LogP contribution in [-0.2, 0) is 4.79 Å². The molecule has 0 saturated carbocycles. The predicted octanol–water partition coefficient (Wildman–Crippen LogP) is 3.26. The molecule has 0 aromatic heterocycles. The fourth-order valence-corrected chi connectivity index (χ4v) is 1.88. The largest absolute Gasteiger partial charge is 0.288 e.